The number of hydrogen-bond donors (Lipinski definition) is 0. The number of ether oxygens (including phenoxy) is 1. The minimum absolute atomic E-state index is 0.0412. The van der Waals surface area contributed by atoms with Crippen LogP contribution in [0.1, 0.15) is 46.8 Å². The average molecular weight is 375 g/mol. The standard InChI is InChI=1S/C23H25N3O2/c1-16(2)28-20-10-8-17(9-11-20)23(27)26-14-18-6-4-5-7-21(18)22(15-26)19-12-24-25(3)13-19/h4-13,16,22H,14-15H2,1-3H3. The van der Waals surface area contributed by atoms with Gasteiger partial charge < -0.3 is 9.64 Å². The van der Waals surface area contributed by atoms with E-state index in [1.165, 1.54) is 11.1 Å². The van der Waals surface area contributed by atoms with Crippen molar-refractivity contribution in [2.24, 2.45) is 7.05 Å². The maximum Gasteiger partial charge on any atom is 0.254 e. The van der Waals surface area contributed by atoms with Crippen LogP contribution in [0.15, 0.2) is 60.9 Å². The fraction of sp³-hybridized carbons (Fsp3) is 0.304. The van der Waals surface area contributed by atoms with Gasteiger partial charge in [-0.3, -0.25) is 9.48 Å². The van der Waals surface area contributed by atoms with Gasteiger partial charge in [-0.25, -0.2) is 0 Å². The Kier molecular flexibility index (Phi) is 4.90. The molecule has 0 spiro atoms. The predicted octanol–water partition coefficient (Wildman–Crippen LogP) is 4.00. The highest BCUT2D eigenvalue weighted by molar-refractivity contribution is 5.94. The Bertz CT molecular complexity index is 976. The second-order valence-corrected chi connectivity index (χ2v) is 7.58. The van der Waals surface area contributed by atoms with Gasteiger partial charge in [0.05, 0.1) is 12.3 Å². The molecule has 1 atom stereocenters. The molecule has 144 valence electrons. The van der Waals surface area contributed by atoms with Gasteiger partial charge in [0, 0.05) is 37.8 Å². The summed E-state index contributed by atoms with van der Waals surface area (Å²) >= 11 is 0. The zero-order chi connectivity index (χ0) is 19.7. The summed E-state index contributed by atoms with van der Waals surface area (Å²) in [4.78, 5) is 15.1. The number of fused-ring (bicyclic) bond motifs is 1. The summed E-state index contributed by atoms with van der Waals surface area (Å²) in [5.41, 5.74) is 4.28. The van der Waals surface area contributed by atoms with Crippen molar-refractivity contribution in [2.45, 2.75) is 32.4 Å². The van der Waals surface area contributed by atoms with Crippen LogP contribution in [0.4, 0.5) is 0 Å². The summed E-state index contributed by atoms with van der Waals surface area (Å²) in [6.07, 6.45) is 4.04. The molecular formula is C23H25N3O2. The van der Waals surface area contributed by atoms with Gasteiger partial charge in [0.2, 0.25) is 0 Å². The van der Waals surface area contributed by atoms with Gasteiger partial charge in [-0.15, -0.1) is 0 Å². The second kappa shape index (κ2) is 7.50. The third kappa shape index (κ3) is 3.65. The SMILES string of the molecule is CC(C)Oc1ccc(C(=O)N2Cc3ccccc3C(c3cnn(C)c3)C2)cc1. The number of aromatic nitrogens is 2. The lowest BCUT2D eigenvalue weighted by molar-refractivity contribution is 0.0725. The first kappa shape index (κ1) is 18.3. The van der Waals surface area contributed by atoms with E-state index in [0.717, 1.165) is 11.3 Å². The lowest BCUT2D eigenvalue weighted by Gasteiger charge is -2.34. The molecule has 1 aromatic heterocycles. The first-order valence-corrected chi connectivity index (χ1v) is 9.63. The first-order valence-electron chi connectivity index (χ1n) is 9.63. The molecule has 5 nitrogen and oxygen atoms in total. The predicted molar refractivity (Wildman–Crippen MR) is 108 cm³/mol. The highest BCUT2D eigenvalue weighted by atomic mass is 16.5. The molecule has 1 aliphatic heterocycles. The summed E-state index contributed by atoms with van der Waals surface area (Å²) in [6, 6.07) is 15.8. The molecule has 0 saturated carbocycles. The third-order valence-electron chi connectivity index (χ3n) is 5.08. The van der Waals surface area contributed by atoms with Gasteiger partial charge >= 0.3 is 0 Å². The first-order chi connectivity index (χ1) is 13.5. The van der Waals surface area contributed by atoms with E-state index in [4.69, 9.17) is 4.74 Å². The number of nitrogens with zero attached hydrogens (tertiary/aromatic N) is 3. The maximum atomic E-state index is 13.2. The molecule has 0 radical (unpaired) electrons. The zero-order valence-electron chi connectivity index (χ0n) is 16.5. The zero-order valence-corrected chi connectivity index (χ0v) is 16.5. The molecule has 0 aliphatic carbocycles. The molecule has 0 N–H and O–H groups in total. The van der Waals surface area contributed by atoms with Crippen molar-refractivity contribution in [2.75, 3.05) is 6.54 Å². The van der Waals surface area contributed by atoms with E-state index >= 15 is 0 Å². The molecule has 5 heteroatoms. The number of carbonyl (C=O) groups excluding carboxylic acids is 1. The van der Waals surface area contributed by atoms with Crippen LogP contribution in [0.25, 0.3) is 0 Å². The van der Waals surface area contributed by atoms with E-state index < -0.39 is 0 Å². The summed E-state index contributed by atoms with van der Waals surface area (Å²) < 4.78 is 7.50. The lowest BCUT2D eigenvalue weighted by Crippen LogP contribution is -2.38. The normalized spacial score (nSPS) is 16.1. The minimum atomic E-state index is 0.0412. The Hall–Kier alpha value is -3.08. The smallest absolute Gasteiger partial charge is 0.254 e. The van der Waals surface area contributed by atoms with E-state index in [2.05, 4.69) is 23.3 Å². The van der Waals surface area contributed by atoms with Gasteiger partial charge in [0.1, 0.15) is 5.75 Å². The van der Waals surface area contributed by atoms with Crippen LogP contribution in [0.2, 0.25) is 0 Å². The van der Waals surface area contributed by atoms with Crippen LogP contribution in [0, 0.1) is 0 Å². The van der Waals surface area contributed by atoms with E-state index in [-0.39, 0.29) is 17.9 Å². The van der Waals surface area contributed by atoms with Crippen LogP contribution in [0.3, 0.4) is 0 Å². The Balaban J connectivity index is 1.61. The largest absolute Gasteiger partial charge is 0.491 e. The molecule has 0 saturated heterocycles. The lowest BCUT2D eigenvalue weighted by atomic mass is 9.86. The van der Waals surface area contributed by atoms with Gasteiger partial charge in [-0.1, -0.05) is 24.3 Å². The molecule has 0 fully saturated rings. The van der Waals surface area contributed by atoms with E-state index in [0.29, 0.717) is 18.7 Å². The van der Waals surface area contributed by atoms with Gasteiger partial charge in [-0.2, -0.15) is 5.10 Å². The topological polar surface area (TPSA) is 47.4 Å². The van der Waals surface area contributed by atoms with Gasteiger partial charge in [-0.05, 0) is 54.8 Å². The molecule has 1 aliphatic rings. The summed E-state index contributed by atoms with van der Waals surface area (Å²) in [5, 5.41) is 4.33. The highest BCUT2D eigenvalue weighted by Crippen LogP contribution is 2.34. The van der Waals surface area contributed by atoms with E-state index in [9.17, 15) is 4.79 Å². The van der Waals surface area contributed by atoms with Gasteiger partial charge in [0.15, 0.2) is 0 Å². The molecule has 28 heavy (non-hydrogen) atoms. The van der Waals surface area contributed by atoms with Crippen molar-refractivity contribution in [1.82, 2.24) is 14.7 Å². The molecule has 2 aromatic carbocycles. The number of amides is 1. The molecule has 1 amide bonds. The Morgan fingerprint density at radius 3 is 2.57 bits per heavy atom. The van der Waals surface area contributed by atoms with E-state index in [1.807, 2.05) is 73.2 Å². The monoisotopic (exact) mass is 375 g/mol. The molecule has 1 unspecified atom stereocenters. The molecule has 0 bridgehead atoms. The summed E-state index contributed by atoms with van der Waals surface area (Å²) in [7, 11) is 1.92. The van der Waals surface area contributed by atoms with Crippen molar-refractivity contribution in [3.63, 3.8) is 0 Å². The fourth-order valence-electron chi connectivity index (χ4n) is 3.80. The maximum absolute atomic E-state index is 13.2. The number of rotatable bonds is 4. The Morgan fingerprint density at radius 1 is 1.14 bits per heavy atom. The number of carbonyl (C=O) groups is 1. The number of aryl methyl sites for hydroxylation is 1. The Morgan fingerprint density at radius 2 is 1.89 bits per heavy atom. The fourth-order valence-corrected chi connectivity index (χ4v) is 3.80. The summed E-state index contributed by atoms with van der Waals surface area (Å²) in [6.45, 7) is 5.24. The molecular weight excluding hydrogens is 350 g/mol. The minimum Gasteiger partial charge on any atom is -0.491 e. The van der Waals surface area contributed by atoms with Crippen LogP contribution in [-0.2, 0) is 13.6 Å². The van der Waals surface area contributed by atoms with Crippen molar-refractivity contribution >= 4 is 5.91 Å². The number of hydrogen-bond acceptors (Lipinski definition) is 3. The molecule has 3 aromatic rings. The van der Waals surface area contributed by atoms with Gasteiger partial charge in [0.25, 0.3) is 5.91 Å². The van der Waals surface area contributed by atoms with Crippen molar-refractivity contribution in [1.29, 1.82) is 0 Å². The van der Waals surface area contributed by atoms with Crippen LogP contribution >= 0.6 is 0 Å². The second-order valence-electron chi connectivity index (χ2n) is 7.58. The third-order valence-corrected chi connectivity index (χ3v) is 5.08. The number of benzene rings is 2. The molecule has 2 heterocycles. The Labute approximate surface area is 165 Å². The van der Waals surface area contributed by atoms with Crippen molar-refractivity contribution in [3.05, 3.63) is 83.2 Å². The van der Waals surface area contributed by atoms with Crippen molar-refractivity contribution in [3.8, 4) is 5.75 Å². The highest BCUT2D eigenvalue weighted by Gasteiger charge is 2.30. The molecule has 4 rings (SSSR count). The van der Waals surface area contributed by atoms with Crippen LogP contribution < -0.4 is 4.74 Å². The van der Waals surface area contributed by atoms with E-state index in [1.54, 1.807) is 0 Å². The van der Waals surface area contributed by atoms with Crippen LogP contribution in [-0.4, -0.2) is 33.2 Å². The van der Waals surface area contributed by atoms with Crippen LogP contribution in [0.5, 0.6) is 5.75 Å². The quantitative estimate of drug-likeness (QED) is 0.693. The van der Waals surface area contributed by atoms with Crippen molar-refractivity contribution < 1.29 is 9.53 Å². The summed E-state index contributed by atoms with van der Waals surface area (Å²) in [5.74, 6) is 0.953. The average Bonchev–Trinajstić information content (AvgIpc) is 3.13.